The number of amides is 1. The molecule has 1 heterocycles. The van der Waals surface area contributed by atoms with E-state index in [0.717, 1.165) is 9.87 Å². The number of aromatic amines is 1. The van der Waals surface area contributed by atoms with Crippen LogP contribution in [0.15, 0.2) is 87.9 Å². The average Bonchev–Trinajstić information content (AvgIpc) is 3.11. The second kappa shape index (κ2) is 8.87. The first-order chi connectivity index (χ1) is 15.8. The lowest BCUT2D eigenvalue weighted by molar-refractivity contribution is -0.116. The Bertz CT molecular complexity index is 1460. The van der Waals surface area contributed by atoms with E-state index in [4.69, 9.17) is 0 Å². The van der Waals surface area contributed by atoms with Crippen LogP contribution in [0.3, 0.4) is 0 Å². The van der Waals surface area contributed by atoms with Crippen molar-refractivity contribution in [3.63, 3.8) is 0 Å². The molecule has 4 aromatic rings. The maximum Gasteiger partial charge on any atom is 0.285 e. The molecular weight excluding hydrogens is 440 g/mol. The summed E-state index contributed by atoms with van der Waals surface area (Å²) in [6.45, 7) is 3.08. The molecule has 0 saturated heterocycles. The second-order valence-electron chi connectivity index (χ2n) is 7.57. The number of rotatable bonds is 6. The van der Waals surface area contributed by atoms with Crippen molar-refractivity contribution in [2.75, 3.05) is 10.8 Å². The van der Waals surface area contributed by atoms with Crippen LogP contribution in [-0.4, -0.2) is 31.0 Å². The minimum atomic E-state index is -4.05. The molecule has 0 aliphatic rings. The fourth-order valence-electron chi connectivity index (χ4n) is 3.45. The molecule has 0 saturated carbocycles. The van der Waals surface area contributed by atoms with Gasteiger partial charge in [-0.05, 0) is 43.7 Å². The number of H-pyrrole nitrogens is 1. The Balaban J connectivity index is 1.69. The number of fused-ring (bicyclic) bond motifs is 1. The fraction of sp³-hybridized carbons (Fsp3) is 0.125. The van der Waals surface area contributed by atoms with Gasteiger partial charge in [-0.1, -0.05) is 54.1 Å². The largest absolute Gasteiger partial charge is 0.493 e. The Morgan fingerprint density at radius 3 is 2.36 bits per heavy atom. The van der Waals surface area contributed by atoms with Crippen LogP contribution >= 0.6 is 0 Å². The van der Waals surface area contributed by atoms with Crippen LogP contribution in [0.5, 0.6) is 5.88 Å². The topological polar surface area (TPSA) is 115 Å². The number of benzene rings is 3. The van der Waals surface area contributed by atoms with Gasteiger partial charge in [-0.15, -0.1) is 10.2 Å². The van der Waals surface area contributed by atoms with E-state index in [9.17, 15) is 18.3 Å². The van der Waals surface area contributed by atoms with Gasteiger partial charge in [-0.25, -0.2) is 8.42 Å². The van der Waals surface area contributed by atoms with Crippen LogP contribution in [0.4, 0.5) is 11.4 Å². The number of carbonyl (C=O) groups is 1. The van der Waals surface area contributed by atoms with E-state index in [1.165, 1.54) is 12.1 Å². The zero-order valence-corrected chi connectivity index (χ0v) is 18.9. The molecule has 0 radical (unpaired) electrons. The highest BCUT2D eigenvalue weighted by atomic mass is 32.2. The highest BCUT2D eigenvalue weighted by Gasteiger charge is 2.28. The lowest BCUT2D eigenvalue weighted by Crippen LogP contribution is -2.35. The number of sulfonamides is 1. The number of hydrogen-bond donors (Lipinski definition) is 2. The molecular formula is C24H22N4O4S. The van der Waals surface area contributed by atoms with Gasteiger partial charge in [0.1, 0.15) is 6.54 Å². The molecule has 33 heavy (non-hydrogen) atoms. The lowest BCUT2D eigenvalue weighted by Gasteiger charge is -2.24. The van der Waals surface area contributed by atoms with Crippen molar-refractivity contribution in [2.24, 2.45) is 10.2 Å². The Morgan fingerprint density at radius 1 is 0.970 bits per heavy atom. The Morgan fingerprint density at radius 2 is 1.64 bits per heavy atom. The smallest absolute Gasteiger partial charge is 0.285 e. The van der Waals surface area contributed by atoms with Gasteiger partial charge in [0, 0.05) is 5.39 Å². The van der Waals surface area contributed by atoms with E-state index in [2.05, 4.69) is 15.2 Å². The first-order valence-corrected chi connectivity index (χ1v) is 11.6. The third-order valence-electron chi connectivity index (χ3n) is 5.19. The minimum absolute atomic E-state index is 0.0652. The van der Waals surface area contributed by atoms with Crippen molar-refractivity contribution in [3.8, 4) is 5.88 Å². The molecule has 0 atom stereocenters. The molecule has 3 aromatic carbocycles. The van der Waals surface area contributed by atoms with Crippen molar-refractivity contribution in [1.29, 1.82) is 0 Å². The monoisotopic (exact) mass is 462 g/mol. The molecule has 0 spiro atoms. The van der Waals surface area contributed by atoms with Crippen LogP contribution in [0, 0.1) is 13.8 Å². The van der Waals surface area contributed by atoms with Crippen LogP contribution in [0.2, 0.25) is 0 Å². The summed E-state index contributed by atoms with van der Waals surface area (Å²) in [6.07, 6.45) is 0. The number of hydrogen-bond acceptors (Lipinski definition) is 5. The average molecular weight is 463 g/mol. The predicted molar refractivity (Wildman–Crippen MR) is 126 cm³/mol. The molecule has 0 fully saturated rings. The molecule has 1 amide bonds. The van der Waals surface area contributed by atoms with Crippen molar-refractivity contribution >= 4 is 38.2 Å². The highest BCUT2D eigenvalue weighted by molar-refractivity contribution is 7.92. The van der Waals surface area contributed by atoms with E-state index >= 15 is 0 Å². The van der Waals surface area contributed by atoms with Crippen LogP contribution < -0.4 is 4.31 Å². The summed E-state index contributed by atoms with van der Waals surface area (Å²) < 4.78 is 27.9. The van der Waals surface area contributed by atoms with E-state index in [-0.39, 0.29) is 16.5 Å². The zero-order chi connectivity index (χ0) is 23.6. The number of aryl methyl sites for hydroxylation is 2. The Kier molecular flexibility index (Phi) is 5.97. The van der Waals surface area contributed by atoms with Crippen molar-refractivity contribution < 1.29 is 18.3 Å². The molecule has 168 valence electrons. The van der Waals surface area contributed by atoms with E-state index < -0.39 is 22.5 Å². The quantitative estimate of drug-likeness (QED) is 0.393. The van der Waals surface area contributed by atoms with Gasteiger partial charge in [0.25, 0.3) is 15.9 Å². The summed E-state index contributed by atoms with van der Waals surface area (Å²) >= 11 is 0. The maximum atomic E-state index is 13.5. The normalized spacial score (nSPS) is 11.8. The van der Waals surface area contributed by atoms with Crippen LogP contribution in [0.1, 0.15) is 11.1 Å². The first-order valence-electron chi connectivity index (χ1n) is 10.2. The number of anilines is 1. The third-order valence-corrected chi connectivity index (χ3v) is 6.97. The van der Waals surface area contributed by atoms with Gasteiger partial charge >= 0.3 is 0 Å². The summed E-state index contributed by atoms with van der Waals surface area (Å²) in [7, 11) is -4.05. The standard InChI is InChI=1S/C24H22N4O4S/c1-16-11-13-18(14-12-16)33(31,32)28(21-10-6-3-7-17(21)2)15-22(29)26-27-23-19-8-4-5-9-20(19)25-24(23)30/h3-14,25,30H,15H2,1-2H3. The summed E-state index contributed by atoms with van der Waals surface area (Å²) in [5.74, 6) is -1.01. The summed E-state index contributed by atoms with van der Waals surface area (Å²) in [6, 6.07) is 20.3. The highest BCUT2D eigenvalue weighted by Crippen LogP contribution is 2.35. The first kappa shape index (κ1) is 22.2. The van der Waals surface area contributed by atoms with Crippen LogP contribution in [0.25, 0.3) is 10.9 Å². The maximum absolute atomic E-state index is 13.5. The number of aromatic nitrogens is 1. The SMILES string of the molecule is Cc1ccc(S(=O)(=O)N(CC(=O)N=Nc2c(O)[nH]c3ccccc23)c2ccccc2C)cc1. The Labute approximate surface area is 191 Å². The number of nitrogens with zero attached hydrogens (tertiary/aromatic N) is 3. The van der Waals surface area contributed by atoms with Crippen molar-refractivity contribution in [3.05, 3.63) is 83.9 Å². The lowest BCUT2D eigenvalue weighted by atomic mass is 10.2. The molecule has 4 rings (SSSR count). The predicted octanol–water partition coefficient (Wildman–Crippen LogP) is 5.00. The molecule has 0 aliphatic carbocycles. The molecule has 8 nitrogen and oxygen atoms in total. The van der Waals surface area contributed by atoms with Gasteiger partial charge in [0.15, 0.2) is 5.69 Å². The third kappa shape index (κ3) is 4.49. The molecule has 9 heteroatoms. The second-order valence-corrected chi connectivity index (χ2v) is 9.44. The van der Waals surface area contributed by atoms with Gasteiger partial charge in [0.2, 0.25) is 5.88 Å². The van der Waals surface area contributed by atoms with Crippen molar-refractivity contribution in [2.45, 2.75) is 18.7 Å². The summed E-state index contributed by atoms with van der Waals surface area (Å²) in [5, 5.41) is 18.3. The molecule has 0 aliphatic heterocycles. The van der Waals surface area contributed by atoms with Gasteiger partial charge in [-0.2, -0.15) is 0 Å². The number of aromatic hydroxyl groups is 1. The summed E-state index contributed by atoms with van der Waals surface area (Å²) in [4.78, 5) is 15.6. The number of azo groups is 1. The van der Waals surface area contributed by atoms with Gasteiger partial charge in [0.05, 0.1) is 16.1 Å². The molecule has 1 aromatic heterocycles. The van der Waals surface area contributed by atoms with Crippen LogP contribution in [-0.2, 0) is 14.8 Å². The van der Waals surface area contributed by atoms with E-state index in [1.54, 1.807) is 67.6 Å². The zero-order valence-electron chi connectivity index (χ0n) is 18.1. The van der Waals surface area contributed by atoms with Crippen molar-refractivity contribution in [1.82, 2.24) is 4.98 Å². The van der Waals surface area contributed by atoms with E-state index in [1.807, 2.05) is 6.92 Å². The number of para-hydroxylation sites is 2. The van der Waals surface area contributed by atoms with Gasteiger partial charge in [-0.3, -0.25) is 9.10 Å². The summed E-state index contributed by atoms with van der Waals surface area (Å²) in [5.41, 5.74) is 2.73. The number of carbonyl (C=O) groups excluding carboxylic acids is 1. The minimum Gasteiger partial charge on any atom is -0.493 e. The molecule has 0 bridgehead atoms. The fourth-order valence-corrected chi connectivity index (χ4v) is 4.93. The molecule has 2 N–H and O–H groups in total. The van der Waals surface area contributed by atoms with E-state index in [0.29, 0.717) is 22.2 Å². The van der Waals surface area contributed by atoms with Gasteiger partial charge < -0.3 is 10.1 Å². The number of nitrogens with one attached hydrogen (secondary N) is 1. The Hall–Kier alpha value is -3.98. The molecule has 0 unspecified atom stereocenters.